The molecule has 3 aromatic rings. The second kappa shape index (κ2) is 5.42. The molecule has 0 aliphatic heterocycles. The smallest absolute Gasteiger partial charge is 0.226 e. The van der Waals surface area contributed by atoms with Crippen molar-refractivity contribution in [2.75, 3.05) is 5.32 Å². The Morgan fingerprint density at radius 1 is 1.25 bits per heavy atom. The maximum Gasteiger partial charge on any atom is 0.226 e. The molecule has 6 nitrogen and oxygen atoms in total. The molecule has 0 aliphatic rings. The van der Waals surface area contributed by atoms with Crippen LogP contribution in [-0.4, -0.2) is 24.5 Å². The van der Waals surface area contributed by atoms with Gasteiger partial charge in [-0.1, -0.05) is 0 Å². The molecule has 0 spiro atoms. The molecule has 0 aliphatic carbocycles. The topological polar surface area (TPSA) is 68.5 Å². The first-order valence-corrected chi connectivity index (χ1v) is 6.67. The van der Waals surface area contributed by atoms with E-state index in [1.165, 1.54) is 0 Å². The molecule has 102 valence electrons. The van der Waals surface area contributed by atoms with Crippen LogP contribution in [0, 0.1) is 0 Å². The van der Waals surface area contributed by atoms with Crippen molar-refractivity contribution < 1.29 is 0 Å². The van der Waals surface area contributed by atoms with Crippen LogP contribution in [0.5, 0.6) is 0 Å². The Hall–Kier alpha value is -2.21. The van der Waals surface area contributed by atoms with Gasteiger partial charge in [0.1, 0.15) is 5.52 Å². The van der Waals surface area contributed by atoms with E-state index in [1.54, 1.807) is 18.7 Å². The zero-order valence-electron chi connectivity index (χ0n) is 10.9. The Bertz CT molecular complexity index is 724. The van der Waals surface area contributed by atoms with Crippen molar-refractivity contribution >= 4 is 28.6 Å². The van der Waals surface area contributed by atoms with E-state index < -0.39 is 0 Å². The van der Waals surface area contributed by atoms with Crippen LogP contribution in [0.15, 0.2) is 30.9 Å². The number of imidazole rings is 1. The van der Waals surface area contributed by atoms with Gasteiger partial charge in [-0.2, -0.15) is 9.97 Å². The zero-order valence-corrected chi connectivity index (χ0v) is 11.7. The summed E-state index contributed by atoms with van der Waals surface area (Å²) in [6.45, 7) is 3.48. The van der Waals surface area contributed by atoms with Crippen LogP contribution in [0.25, 0.3) is 11.2 Å². The number of halogens is 1. The Morgan fingerprint density at radius 2 is 2.05 bits per heavy atom. The molecule has 0 saturated carbocycles. The maximum atomic E-state index is 5.94. The summed E-state index contributed by atoms with van der Waals surface area (Å²) in [7, 11) is 0. The standard InChI is InChI=1S/C13H13ClN6/c1-2-20-8-17-12-10(20)11(18-13(14)19-12)16-7-9-3-5-15-6-4-9/h3-6,8H,2,7H2,1H3,(H,16,18,19). The first-order chi connectivity index (χ1) is 9.78. The fraction of sp³-hybridized carbons (Fsp3) is 0.231. The second-order valence-corrected chi connectivity index (χ2v) is 4.59. The predicted molar refractivity (Wildman–Crippen MR) is 77.6 cm³/mol. The normalized spacial score (nSPS) is 10.9. The number of aryl methyl sites for hydroxylation is 1. The minimum atomic E-state index is 0.191. The van der Waals surface area contributed by atoms with Crippen molar-refractivity contribution in [3.8, 4) is 0 Å². The summed E-state index contributed by atoms with van der Waals surface area (Å²) in [5.74, 6) is 0.691. The van der Waals surface area contributed by atoms with Gasteiger partial charge in [-0.05, 0) is 36.2 Å². The first kappa shape index (κ1) is 12.8. The van der Waals surface area contributed by atoms with Gasteiger partial charge in [-0.3, -0.25) is 4.98 Å². The van der Waals surface area contributed by atoms with Crippen molar-refractivity contribution in [2.24, 2.45) is 0 Å². The van der Waals surface area contributed by atoms with Crippen LogP contribution in [0.1, 0.15) is 12.5 Å². The van der Waals surface area contributed by atoms with E-state index in [4.69, 9.17) is 11.6 Å². The monoisotopic (exact) mass is 288 g/mol. The number of nitrogens with one attached hydrogen (secondary N) is 1. The highest BCUT2D eigenvalue weighted by Crippen LogP contribution is 2.22. The molecule has 1 N–H and O–H groups in total. The molecule has 3 rings (SSSR count). The predicted octanol–water partition coefficient (Wildman–Crippen LogP) is 2.51. The van der Waals surface area contributed by atoms with Gasteiger partial charge in [0.15, 0.2) is 11.5 Å². The number of nitrogens with zero attached hydrogens (tertiary/aromatic N) is 5. The molecule has 0 aromatic carbocycles. The van der Waals surface area contributed by atoms with E-state index in [1.807, 2.05) is 23.6 Å². The number of fused-ring (bicyclic) bond motifs is 1. The Balaban J connectivity index is 1.95. The van der Waals surface area contributed by atoms with Gasteiger partial charge < -0.3 is 9.88 Å². The van der Waals surface area contributed by atoms with E-state index in [0.29, 0.717) is 18.0 Å². The van der Waals surface area contributed by atoms with E-state index in [-0.39, 0.29) is 5.28 Å². The molecule has 0 unspecified atom stereocenters. The van der Waals surface area contributed by atoms with E-state index >= 15 is 0 Å². The number of hydrogen-bond acceptors (Lipinski definition) is 5. The summed E-state index contributed by atoms with van der Waals surface area (Å²) >= 11 is 5.94. The molecular formula is C13H13ClN6. The fourth-order valence-electron chi connectivity index (χ4n) is 2.00. The Morgan fingerprint density at radius 3 is 2.80 bits per heavy atom. The van der Waals surface area contributed by atoms with Crippen molar-refractivity contribution in [1.82, 2.24) is 24.5 Å². The number of anilines is 1. The van der Waals surface area contributed by atoms with Crippen molar-refractivity contribution in [3.63, 3.8) is 0 Å². The lowest BCUT2D eigenvalue weighted by atomic mass is 10.3. The number of pyridine rings is 1. The van der Waals surface area contributed by atoms with Gasteiger partial charge in [-0.25, -0.2) is 4.98 Å². The Labute approximate surface area is 120 Å². The van der Waals surface area contributed by atoms with Gasteiger partial charge >= 0.3 is 0 Å². The number of aromatic nitrogens is 5. The summed E-state index contributed by atoms with van der Waals surface area (Å²) in [6, 6.07) is 3.90. The lowest BCUT2D eigenvalue weighted by Gasteiger charge is -2.09. The highest BCUT2D eigenvalue weighted by Gasteiger charge is 2.12. The van der Waals surface area contributed by atoms with E-state index in [0.717, 1.165) is 17.6 Å². The molecule has 0 fully saturated rings. The molecule has 0 saturated heterocycles. The molecule has 7 heteroatoms. The minimum Gasteiger partial charge on any atom is -0.364 e. The van der Waals surface area contributed by atoms with Crippen LogP contribution in [0.3, 0.4) is 0 Å². The summed E-state index contributed by atoms with van der Waals surface area (Å²) in [5, 5.41) is 3.47. The minimum absolute atomic E-state index is 0.191. The van der Waals surface area contributed by atoms with Gasteiger partial charge in [0, 0.05) is 25.5 Å². The van der Waals surface area contributed by atoms with Crippen LogP contribution in [0.4, 0.5) is 5.82 Å². The van der Waals surface area contributed by atoms with Crippen molar-refractivity contribution in [1.29, 1.82) is 0 Å². The lowest BCUT2D eigenvalue weighted by Crippen LogP contribution is -2.05. The number of rotatable bonds is 4. The van der Waals surface area contributed by atoms with Crippen LogP contribution < -0.4 is 5.32 Å². The van der Waals surface area contributed by atoms with Gasteiger partial charge in [0.25, 0.3) is 0 Å². The molecule has 0 bridgehead atoms. The van der Waals surface area contributed by atoms with Crippen molar-refractivity contribution in [2.45, 2.75) is 20.0 Å². The number of hydrogen-bond donors (Lipinski definition) is 1. The van der Waals surface area contributed by atoms with Crippen molar-refractivity contribution in [3.05, 3.63) is 41.7 Å². The van der Waals surface area contributed by atoms with Crippen LogP contribution in [-0.2, 0) is 13.1 Å². The molecule has 0 atom stereocenters. The highest BCUT2D eigenvalue weighted by atomic mass is 35.5. The third kappa shape index (κ3) is 2.42. The van der Waals surface area contributed by atoms with Crippen LogP contribution in [0.2, 0.25) is 5.28 Å². The second-order valence-electron chi connectivity index (χ2n) is 4.25. The molecular weight excluding hydrogens is 276 g/mol. The lowest BCUT2D eigenvalue weighted by molar-refractivity contribution is 0.785. The van der Waals surface area contributed by atoms with Gasteiger partial charge in [0.05, 0.1) is 6.33 Å². The Kier molecular flexibility index (Phi) is 3.47. The molecule has 20 heavy (non-hydrogen) atoms. The molecule has 0 radical (unpaired) electrons. The third-order valence-corrected chi connectivity index (χ3v) is 3.16. The average molecular weight is 289 g/mol. The quantitative estimate of drug-likeness (QED) is 0.747. The fourth-order valence-corrected chi connectivity index (χ4v) is 2.17. The summed E-state index contributed by atoms with van der Waals surface area (Å²) in [6.07, 6.45) is 5.26. The summed E-state index contributed by atoms with van der Waals surface area (Å²) in [5.41, 5.74) is 2.58. The highest BCUT2D eigenvalue weighted by molar-refractivity contribution is 6.28. The van der Waals surface area contributed by atoms with Crippen LogP contribution >= 0.6 is 11.6 Å². The van der Waals surface area contributed by atoms with E-state index in [9.17, 15) is 0 Å². The molecule has 3 aromatic heterocycles. The summed E-state index contributed by atoms with van der Waals surface area (Å²) in [4.78, 5) is 16.6. The average Bonchev–Trinajstić information content (AvgIpc) is 2.88. The van der Waals surface area contributed by atoms with E-state index in [2.05, 4.69) is 25.3 Å². The molecule has 0 amide bonds. The first-order valence-electron chi connectivity index (χ1n) is 6.29. The van der Waals surface area contributed by atoms with Gasteiger partial charge in [-0.15, -0.1) is 0 Å². The third-order valence-electron chi connectivity index (χ3n) is 2.99. The largest absolute Gasteiger partial charge is 0.364 e. The molecule has 3 heterocycles. The zero-order chi connectivity index (χ0) is 13.9. The SMILES string of the molecule is CCn1cnc2nc(Cl)nc(NCc3ccncc3)c21. The maximum absolute atomic E-state index is 5.94. The van der Waals surface area contributed by atoms with Gasteiger partial charge in [0.2, 0.25) is 5.28 Å². The summed E-state index contributed by atoms with van der Waals surface area (Å²) < 4.78 is 1.99.